The molecule has 2 fully saturated rings. The van der Waals surface area contributed by atoms with E-state index in [0.717, 1.165) is 41.9 Å². The molecule has 1 aromatic heterocycles. The molecule has 2 unspecified atom stereocenters. The highest BCUT2D eigenvalue weighted by Crippen LogP contribution is 2.50. The lowest BCUT2D eigenvalue weighted by molar-refractivity contribution is 0.312. The average Bonchev–Trinajstić information content (AvgIpc) is 2.86. The van der Waals surface area contributed by atoms with Gasteiger partial charge < -0.3 is 9.80 Å². The molecule has 6 heteroatoms. The van der Waals surface area contributed by atoms with Crippen molar-refractivity contribution in [3.63, 3.8) is 0 Å². The zero-order chi connectivity index (χ0) is 14.4. The summed E-state index contributed by atoms with van der Waals surface area (Å²) in [5.74, 6) is 0.483. The van der Waals surface area contributed by atoms with Crippen LogP contribution in [0.5, 0.6) is 0 Å². The molecule has 0 N–H and O–H groups in total. The normalized spacial score (nSPS) is 29.3. The Bertz CT molecular complexity index is 595. The molecule has 1 saturated carbocycles. The summed E-state index contributed by atoms with van der Waals surface area (Å²) in [6.07, 6.45) is 5.01. The van der Waals surface area contributed by atoms with Crippen molar-refractivity contribution >= 4 is 28.2 Å². The molecule has 0 radical (unpaired) electrons. The monoisotopic (exact) mass is 323 g/mol. The number of rotatable bonds is 1. The molecule has 3 aliphatic rings. The van der Waals surface area contributed by atoms with Gasteiger partial charge in [0.25, 0.3) is 0 Å². The summed E-state index contributed by atoms with van der Waals surface area (Å²) >= 11 is 3.25. The van der Waals surface area contributed by atoms with Gasteiger partial charge in [-0.05, 0) is 19.9 Å². The number of nitrogens with zero attached hydrogens (tertiary/aromatic N) is 3. The Morgan fingerprint density at radius 3 is 2.71 bits per heavy atom. The predicted molar refractivity (Wildman–Crippen MR) is 88.9 cm³/mol. The largest absolute Gasteiger partial charge is 0.345 e. The van der Waals surface area contributed by atoms with Crippen LogP contribution in [-0.4, -0.2) is 48.4 Å². The van der Waals surface area contributed by atoms with E-state index in [1.807, 2.05) is 11.8 Å². The van der Waals surface area contributed by atoms with Gasteiger partial charge in [0.2, 0.25) is 4.74 Å². The van der Waals surface area contributed by atoms with Crippen LogP contribution in [0.1, 0.15) is 37.2 Å². The van der Waals surface area contributed by atoms with Crippen molar-refractivity contribution in [3.05, 3.63) is 15.1 Å². The number of hydrogen-bond acceptors (Lipinski definition) is 6. The fourth-order valence-electron chi connectivity index (χ4n) is 3.64. The van der Waals surface area contributed by atoms with E-state index in [2.05, 4.69) is 16.8 Å². The first-order chi connectivity index (χ1) is 10.2. The number of aromatic nitrogens is 1. The molecule has 21 heavy (non-hydrogen) atoms. The molecule has 3 heterocycles. The Morgan fingerprint density at radius 2 is 1.90 bits per heavy atom. The van der Waals surface area contributed by atoms with E-state index in [1.165, 1.54) is 37.0 Å². The first-order valence-electron chi connectivity index (χ1n) is 7.87. The van der Waals surface area contributed by atoms with Crippen LogP contribution in [-0.2, 0) is 0 Å². The molecule has 1 aromatic rings. The smallest absolute Gasteiger partial charge is 0.241 e. The van der Waals surface area contributed by atoms with E-state index in [9.17, 15) is 4.79 Å². The third-order valence-electron chi connectivity index (χ3n) is 4.94. The molecular weight excluding hydrogens is 302 g/mol. The Labute approximate surface area is 133 Å². The fraction of sp³-hybridized carbons (Fsp3) is 0.733. The number of likely N-dealkylation sites (N-methyl/N-ethyl adjacent to an activating group) is 1. The summed E-state index contributed by atoms with van der Waals surface area (Å²) < 4.78 is 0.274. The number of anilines is 1. The van der Waals surface area contributed by atoms with Gasteiger partial charge >= 0.3 is 0 Å². The van der Waals surface area contributed by atoms with Gasteiger partial charge in [-0.2, -0.15) is 0 Å². The Morgan fingerprint density at radius 1 is 1.14 bits per heavy atom. The molecule has 2 atom stereocenters. The minimum absolute atomic E-state index is 0.274. The molecule has 1 saturated heterocycles. The van der Waals surface area contributed by atoms with Crippen LogP contribution in [0.4, 0.5) is 5.13 Å². The van der Waals surface area contributed by atoms with E-state index >= 15 is 0 Å². The number of hydrogen-bond donors (Lipinski definition) is 0. The van der Waals surface area contributed by atoms with Crippen molar-refractivity contribution in [3.8, 4) is 0 Å². The Kier molecular flexibility index (Phi) is 3.71. The van der Waals surface area contributed by atoms with Gasteiger partial charge in [-0.15, -0.1) is 11.8 Å². The zero-order valence-electron chi connectivity index (χ0n) is 12.4. The maximum Gasteiger partial charge on any atom is 0.241 e. The van der Waals surface area contributed by atoms with Gasteiger partial charge in [-0.1, -0.05) is 24.2 Å². The lowest BCUT2D eigenvalue weighted by Gasteiger charge is -2.32. The summed E-state index contributed by atoms with van der Waals surface area (Å²) in [5, 5.41) is 2.60. The second-order valence-electron chi connectivity index (χ2n) is 6.34. The molecule has 4 nitrogen and oxygen atoms in total. The van der Waals surface area contributed by atoms with Crippen LogP contribution in [0.3, 0.4) is 0 Å². The minimum atomic E-state index is 0.274. The van der Waals surface area contributed by atoms with Crippen molar-refractivity contribution in [1.29, 1.82) is 0 Å². The van der Waals surface area contributed by atoms with Crippen LogP contribution in [0.25, 0.3) is 0 Å². The van der Waals surface area contributed by atoms with Crippen LogP contribution in [0.15, 0.2) is 9.82 Å². The van der Waals surface area contributed by atoms with Crippen molar-refractivity contribution < 1.29 is 0 Å². The molecule has 0 amide bonds. The van der Waals surface area contributed by atoms with Crippen molar-refractivity contribution in [2.75, 3.05) is 38.1 Å². The van der Waals surface area contributed by atoms with Crippen LogP contribution < -0.4 is 9.64 Å². The summed E-state index contributed by atoms with van der Waals surface area (Å²) in [6.45, 7) is 4.07. The first-order valence-corrected chi connectivity index (χ1v) is 9.57. The van der Waals surface area contributed by atoms with Gasteiger partial charge in [0.05, 0.1) is 0 Å². The fourth-order valence-corrected chi connectivity index (χ4v) is 6.25. The van der Waals surface area contributed by atoms with E-state index in [4.69, 9.17) is 4.98 Å². The van der Waals surface area contributed by atoms with E-state index in [0.29, 0.717) is 11.2 Å². The Hall–Kier alpha value is -0.590. The summed E-state index contributed by atoms with van der Waals surface area (Å²) in [4.78, 5) is 22.1. The van der Waals surface area contributed by atoms with Crippen LogP contribution >= 0.6 is 23.1 Å². The highest BCUT2D eigenvalue weighted by atomic mass is 32.2. The number of thioether (sulfide) groups is 1. The molecule has 0 spiro atoms. The standard InChI is InChI=1S/C15H21N3OS2/c1-17-6-8-18(9-7-17)15-16-13-12(14(19)21-15)10-4-2-3-5-11(10)20-13/h10-11H,2-9H2,1H3. The summed E-state index contributed by atoms with van der Waals surface area (Å²) in [7, 11) is 2.15. The van der Waals surface area contributed by atoms with Crippen molar-refractivity contribution in [2.24, 2.45) is 0 Å². The maximum atomic E-state index is 12.6. The van der Waals surface area contributed by atoms with E-state index in [1.54, 1.807) is 0 Å². The van der Waals surface area contributed by atoms with Crippen molar-refractivity contribution in [1.82, 2.24) is 9.88 Å². The summed E-state index contributed by atoms with van der Waals surface area (Å²) in [6, 6.07) is 0. The molecule has 4 rings (SSSR count). The van der Waals surface area contributed by atoms with Crippen LogP contribution in [0.2, 0.25) is 0 Å². The molecule has 0 aromatic carbocycles. The SMILES string of the molecule is CN1CCN(c2nc3c(c(=O)s2)C2CCCCC2S3)CC1. The summed E-state index contributed by atoms with van der Waals surface area (Å²) in [5.41, 5.74) is 1.05. The Balaban J connectivity index is 1.65. The molecule has 0 bridgehead atoms. The minimum Gasteiger partial charge on any atom is -0.345 e. The third-order valence-corrected chi connectivity index (χ3v) is 7.28. The molecular formula is C15H21N3OS2. The van der Waals surface area contributed by atoms with Crippen molar-refractivity contribution in [2.45, 2.75) is 41.9 Å². The zero-order valence-corrected chi connectivity index (χ0v) is 14.0. The predicted octanol–water partition coefficient (Wildman–Crippen LogP) is 2.39. The topological polar surface area (TPSA) is 36.4 Å². The second-order valence-corrected chi connectivity index (χ2v) is 8.51. The van der Waals surface area contributed by atoms with Gasteiger partial charge in [-0.25, -0.2) is 4.98 Å². The molecule has 2 aliphatic heterocycles. The highest BCUT2D eigenvalue weighted by molar-refractivity contribution is 8.00. The molecule has 114 valence electrons. The van der Waals surface area contributed by atoms with E-state index < -0.39 is 0 Å². The van der Waals surface area contributed by atoms with Gasteiger partial charge in [-0.3, -0.25) is 4.79 Å². The van der Waals surface area contributed by atoms with Gasteiger partial charge in [0, 0.05) is 42.9 Å². The third kappa shape index (κ3) is 2.51. The highest BCUT2D eigenvalue weighted by Gasteiger charge is 2.38. The quantitative estimate of drug-likeness (QED) is 0.793. The number of piperazine rings is 1. The molecule has 1 aliphatic carbocycles. The van der Waals surface area contributed by atoms with Gasteiger partial charge in [0.15, 0.2) is 5.13 Å². The van der Waals surface area contributed by atoms with Crippen LogP contribution in [0, 0.1) is 0 Å². The lowest BCUT2D eigenvalue weighted by Crippen LogP contribution is -2.44. The lowest BCUT2D eigenvalue weighted by atomic mass is 9.85. The first kappa shape index (κ1) is 14.0. The number of fused-ring (bicyclic) bond motifs is 3. The van der Waals surface area contributed by atoms with E-state index in [-0.39, 0.29) is 4.74 Å². The average molecular weight is 323 g/mol. The van der Waals surface area contributed by atoms with Gasteiger partial charge in [0.1, 0.15) is 5.03 Å². The second kappa shape index (κ2) is 5.56. The maximum absolute atomic E-state index is 12.6.